The number of fused-ring (bicyclic) bond motifs is 1. The first-order valence-electron chi connectivity index (χ1n) is 7.78. The maximum absolute atomic E-state index is 11.1. The van der Waals surface area contributed by atoms with E-state index in [0.29, 0.717) is 5.82 Å². The molecule has 0 amide bonds. The lowest BCUT2D eigenvalue weighted by atomic mass is 10.1. The van der Waals surface area contributed by atoms with E-state index in [1.807, 2.05) is 18.3 Å². The minimum Gasteiger partial charge on any atom is -0.619 e. The molecule has 3 aromatic heterocycles. The molecule has 0 aliphatic carbocycles. The van der Waals surface area contributed by atoms with Gasteiger partial charge in [-0.05, 0) is 5.56 Å². The van der Waals surface area contributed by atoms with Gasteiger partial charge in [0, 0.05) is 62.3 Å². The van der Waals surface area contributed by atoms with Crippen molar-refractivity contribution in [2.45, 2.75) is 19.5 Å². The van der Waals surface area contributed by atoms with Gasteiger partial charge < -0.3 is 5.21 Å². The van der Waals surface area contributed by atoms with Crippen LogP contribution in [0.1, 0.15) is 16.8 Å². The molecule has 4 rings (SSSR count). The highest BCUT2D eigenvalue weighted by Gasteiger charge is 2.19. The number of aromatic nitrogens is 5. The van der Waals surface area contributed by atoms with Crippen molar-refractivity contribution in [1.29, 1.82) is 0 Å². The molecular formula is C17H16N6O. The second kappa shape index (κ2) is 6.29. The average molecular weight is 320 g/mol. The van der Waals surface area contributed by atoms with Gasteiger partial charge in [0.1, 0.15) is 6.33 Å². The standard InChI is InChI=1S/C17H16N6O/c24-23-5-1-13(2-6-23)10-22-4-3-16-15(11-22)9-20-17(21-16)14-7-18-12-19-8-14/h1-2,5-9,12H,3-4,10-11H2. The summed E-state index contributed by atoms with van der Waals surface area (Å²) in [7, 11) is 0. The quantitative estimate of drug-likeness (QED) is 0.531. The van der Waals surface area contributed by atoms with Gasteiger partial charge in [-0.2, -0.15) is 4.73 Å². The number of pyridine rings is 1. The predicted octanol–water partition coefficient (Wildman–Crippen LogP) is 1.13. The predicted molar refractivity (Wildman–Crippen MR) is 86.3 cm³/mol. The highest BCUT2D eigenvalue weighted by Crippen LogP contribution is 2.21. The highest BCUT2D eigenvalue weighted by molar-refractivity contribution is 5.52. The molecule has 24 heavy (non-hydrogen) atoms. The Labute approximate surface area is 139 Å². The molecule has 0 N–H and O–H groups in total. The topological polar surface area (TPSA) is 81.7 Å². The van der Waals surface area contributed by atoms with Gasteiger partial charge in [-0.3, -0.25) is 4.90 Å². The molecule has 120 valence electrons. The van der Waals surface area contributed by atoms with Gasteiger partial charge in [-0.15, -0.1) is 0 Å². The van der Waals surface area contributed by atoms with Crippen LogP contribution in [0.25, 0.3) is 11.4 Å². The SMILES string of the molecule is [O-][n+]1ccc(CN2CCc3nc(-c4cncnc4)ncc3C2)cc1. The van der Waals surface area contributed by atoms with Crippen LogP contribution in [0.15, 0.2) is 49.4 Å². The summed E-state index contributed by atoms with van der Waals surface area (Å²) in [5, 5.41) is 11.1. The van der Waals surface area contributed by atoms with Crippen LogP contribution in [-0.4, -0.2) is 31.4 Å². The first kappa shape index (κ1) is 14.6. The molecule has 0 fully saturated rings. The van der Waals surface area contributed by atoms with Gasteiger partial charge >= 0.3 is 0 Å². The molecule has 0 bridgehead atoms. The van der Waals surface area contributed by atoms with Crippen molar-refractivity contribution in [1.82, 2.24) is 24.8 Å². The number of hydrogen-bond acceptors (Lipinski definition) is 6. The first-order valence-corrected chi connectivity index (χ1v) is 7.78. The lowest BCUT2D eigenvalue weighted by molar-refractivity contribution is -0.605. The molecule has 0 radical (unpaired) electrons. The minimum absolute atomic E-state index is 0.672. The molecule has 0 saturated heterocycles. The van der Waals surface area contributed by atoms with Crippen LogP contribution in [0.2, 0.25) is 0 Å². The van der Waals surface area contributed by atoms with Crippen molar-refractivity contribution >= 4 is 0 Å². The summed E-state index contributed by atoms with van der Waals surface area (Å²) in [5.41, 5.74) is 4.20. The van der Waals surface area contributed by atoms with Crippen LogP contribution >= 0.6 is 0 Å². The molecular weight excluding hydrogens is 304 g/mol. The molecule has 0 atom stereocenters. The zero-order valence-electron chi connectivity index (χ0n) is 13.0. The summed E-state index contributed by atoms with van der Waals surface area (Å²) in [6, 6.07) is 3.72. The molecule has 0 unspecified atom stereocenters. The fourth-order valence-corrected chi connectivity index (χ4v) is 2.87. The Bertz CT molecular complexity index is 837. The van der Waals surface area contributed by atoms with E-state index in [1.165, 1.54) is 18.7 Å². The van der Waals surface area contributed by atoms with Crippen LogP contribution in [0.3, 0.4) is 0 Å². The van der Waals surface area contributed by atoms with Gasteiger partial charge in [-0.1, -0.05) is 0 Å². The zero-order valence-corrected chi connectivity index (χ0v) is 13.0. The molecule has 1 aliphatic heterocycles. The van der Waals surface area contributed by atoms with Crippen molar-refractivity contribution in [2.75, 3.05) is 6.54 Å². The van der Waals surface area contributed by atoms with E-state index in [1.54, 1.807) is 12.4 Å². The molecule has 0 aromatic carbocycles. The van der Waals surface area contributed by atoms with E-state index in [0.717, 1.165) is 53.2 Å². The van der Waals surface area contributed by atoms with Gasteiger partial charge in [0.05, 0.1) is 11.3 Å². The fraction of sp³-hybridized carbons (Fsp3) is 0.235. The maximum atomic E-state index is 11.1. The zero-order chi connectivity index (χ0) is 16.4. The third-order valence-corrected chi connectivity index (χ3v) is 4.11. The monoisotopic (exact) mass is 320 g/mol. The molecule has 0 spiro atoms. The van der Waals surface area contributed by atoms with Crippen molar-refractivity contribution in [3.8, 4) is 11.4 Å². The second-order valence-corrected chi connectivity index (χ2v) is 5.82. The maximum Gasteiger partial charge on any atom is 0.180 e. The molecule has 7 heteroatoms. The van der Waals surface area contributed by atoms with Crippen molar-refractivity contribution in [3.05, 3.63) is 71.5 Å². The van der Waals surface area contributed by atoms with Crippen LogP contribution in [0.4, 0.5) is 0 Å². The third-order valence-electron chi connectivity index (χ3n) is 4.11. The Morgan fingerprint density at radius 1 is 1.12 bits per heavy atom. The molecule has 7 nitrogen and oxygen atoms in total. The molecule has 0 saturated carbocycles. The molecule has 1 aliphatic rings. The Hall–Kier alpha value is -2.93. The third kappa shape index (κ3) is 3.07. The Kier molecular flexibility index (Phi) is 3.84. The lowest BCUT2D eigenvalue weighted by Crippen LogP contribution is -2.31. The van der Waals surface area contributed by atoms with Gasteiger partial charge in [0.25, 0.3) is 0 Å². The van der Waals surface area contributed by atoms with Crippen LogP contribution < -0.4 is 4.73 Å². The summed E-state index contributed by atoms with van der Waals surface area (Å²) in [4.78, 5) is 19.5. The van der Waals surface area contributed by atoms with Crippen LogP contribution in [-0.2, 0) is 19.5 Å². The number of nitrogens with zero attached hydrogens (tertiary/aromatic N) is 6. The van der Waals surface area contributed by atoms with Gasteiger partial charge in [0.15, 0.2) is 18.2 Å². The van der Waals surface area contributed by atoms with Crippen LogP contribution in [0.5, 0.6) is 0 Å². The summed E-state index contributed by atoms with van der Waals surface area (Å²) < 4.78 is 0.803. The smallest absolute Gasteiger partial charge is 0.180 e. The van der Waals surface area contributed by atoms with Crippen molar-refractivity contribution < 1.29 is 4.73 Å². The fourth-order valence-electron chi connectivity index (χ4n) is 2.87. The van der Waals surface area contributed by atoms with Crippen LogP contribution in [0, 0.1) is 5.21 Å². The lowest BCUT2D eigenvalue weighted by Gasteiger charge is -2.27. The number of rotatable bonds is 3. The highest BCUT2D eigenvalue weighted by atomic mass is 16.5. The summed E-state index contributed by atoms with van der Waals surface area (Å²) in [6.45, 7) is 2.56. The van der Waals surface area contributed by atoms with E-state index < -0.39 is 0 Å². The summed E-state index contributed by atoms with van der Waals surface area (Å²) >= 11 is 0. The normalized spacial score (nSPS) is 14.3. The van der Waals surface area contributed by atoms with E-state index in [4.69, 9.17) is 0 Å². The minimum atomic E-state index is 0.672. The Balaban J connectivity index is 1.50. The van der Waals surface area contributed by atoms with Gasteiger partial charge in [0.2, 0.25) is 0 Å². The van der Waals surface area contributed by atoms with E-state index in [-0.39, 0.29) is 0 Å². The Morgan fingerprint density at radius 2 is 1.92 bits per heavy atom. The second-order valence-electron chi connectivity index (χ2n) is 5.82. The van der Waals surface area contributed by atoms with E-state index in [9.17, 15) is 5.21 Å². The summed E-state index contributed by atoms with van der Waals surface area (Å²) in [6.07, 6.45) is 10.8. The number of hydrogen-bond donors (Lipinski definition) is 0. The average Bonchev–Trinajstić information content (AvgIpc) is 2.64. The summed E-state index contributed by atoms with van der Waals surface area (Å²) in [5.74, 6) is 0.672. The molecule has 4 heterocycles. The van der Waals surface area contributed by atoms with Crippen molar-refractivity contribution in [3.63, 3.8) is 0 Å². The van der Waals surface area contributed by atoms with E-state index in [2.05, 4.69) is 24.8 Å². The van der Waals surface area contributed by atoms with E-state index >= 15 is 0 Å². The first-order chi connectivity index (χ1) is 11.8. The van der Waals surface area contributed by atoms with Gasteiger partial charge in [-0.25, -0.2) is 19.9 Å². The Morgan fingerprint density at radius 3 is 2.71 bits per heavy atom. The molecule has 3 aromatic rings. The largest absolute Gasteiger partial charge is 0.619 e. The van der Waals surface area contributed by atoms with Crippen molar-refractivity contribution in [2.24, 2.45) is 0 Å².